The number of hydrogen-bond acceptors (Lipinski definition) is 7. The highest BCUT2D eigenvalue weighted by atomic mass is 16.5. The molecule has 0 amide bonds. The second kappa shape index (κ2) is 7.11. The van der Waals surface area contributed by atoms with Crippen molar-refractivity contribution >= 4 is 17.5 Å². The topological polar surface area (TPSA) is 127 Å². The van der Waals surface area contributed by atoms with Crippen LogP contribution in [0.2, 0.25) is 0 Å². The fourth-order valence-corrected chi connectivity index (χ4v) is 7.11. The van der Waals surface area contributed by atoms with Gasteiger partial charge in [-0.25, -0.2) is 0 Å². The highest BCUT2D eigenvalue weighted by molar-refractivity contribution is 6.01. The second-order valence-corrected chi connectivity index (χ2v) is 9.90. The van der Waals surface area contributed by atoms with Crippen molar-refractivity contribution < 1.29 is 29.3 Å². The number of esters is 1. The number of Topliss-reactive ketones (excluding diaryl/α,β-unsaturated/α-hetero) is 1. The van der Waals surface area contributed by atoms with Crippen LogP contribution in [-0.2, 0) is 19.1 Å². The summed E-state index contributed by atoms with van der Waals surface area (Å²) in [4.78, 5) is 36.2. The van der Waals surface area contributed by atoms with E-state index >= 15 is 0 Å². The minimum absolute atomic E-state index is 0.0103. The number of ether oxygens (including phenoxy) is 1. The smallest absolute Gasteiger partial charge is 0.320 e. The first-order valence-corrected chi connectivity index (χ1v) is 10.8. The third kappa shape index (κ3) is 2.86. The highest BCUT2D eigenvalue weighted by Gasteiger charge is 2.68. The van der Waals surface area contributed by atoms with Crippen LogP contribution >= 0.6 is 0 Å². The molecule has 0 unspecified atom stereocenters. The van der Waals surface area contributed by atoms with E-state index < -0.39 is 35.5 Å². The lowest BCUT2D eigenvalue weighted by Crippen LogP contribution is -2.61. The zero-order chi connectivity index (χ0) is 21.9. The lowest BCUT2D eigenvalue weighted by molar-refractivity contribution is -0.181. The molecule has 7 heteroatoms. The van der Waals surface area contributed by atoms with Gasteiger partial charge in [0, 0.05) is 16.7 Å². The number of aliphatic hydroxyl groups excluding tert-OH is 1. The van der Waals surface area contributed by atoms with Crippen molar-refractivity contribution in [3.63, 3.8) is 0 Å². The van der Waals surface area contributed by atoms with E-state index in [1.54, 1.807) is 12.2 Å². The van der Waals surface area contributed by atoms with Crippen molar-refractivity contribution in [3.05, 3.63) is 23.8 Å². The van der Waals surface area contributed by atoms with E-state index in [-0.39, 0.29) is 48.3 Å². The summed E-state index contributed by atoms with van der Waals surface area (Å²) < 4.78 is 4.90. The monoisotopic (exact) mass is 417 g/mol. The van der Waals surface area contributed by atoms with Gasteiger partial charge in [-0.3, -0.25) is 14.4 Å². The first-order chi connectivity index (χ1) is 14.1. The van der Waals surface area contributed by atoms with E-state index in [0.717, 1.165) is 18.4 Å². The average molecular weight is 418 g/mol. The molecule has 30 heavy (non-hydrogen) atoms. The Labute approximate surface area is 176 Å². The third-order valence-electron chi connectivity index (χ3n) is 8.64. The molecule has 3 fully saturated rings. The van der Waals surface area contributed by atoms with E-state index in [2.05, 4.69) is 6.92 Å². The van der Waals surface area contributed by atoms with Crippen LogP contribution in [0.1, 0.15) is 46.0 Å². The number of carbonyl (C=O) groups excluding carboxylic acids is 3. The van der Waals surface area contributed by atoms with E-state index in [1.165, 1.54) is 0 Å². The van der Waals surface area contributed by atoms with Gasteiger partial charge in [-0.1, -0.05) is 25.5 Å². The van der Waals surface area contributed by atoms with Crippen LogP contribution in [-0.4, -0.2) is 52.6 Å². The molecular weight excluding hydrogens is 386 g/mol. The zero-order valence-corrected chi connectivity index (χ0v) is 17.6. The van der Waals surface area contributed by atoms with Crippen LogP contribution in [0, 0.1) is 28.6 Å². The van der Waals surface area contributed by atoms with Crippen LogP contribution in [0.3, 0.4) is 0 Å². The van der Waals surface area contributed by atoms with Crippen molar-refractivity contribution in [3.8, 4) is 0 Å². The molecule has 4 aliphatic rings. The van der Waals surface area contributed by atoms with Crippen molar-refractivity contribution in [2.75, 3.05) is 13.2 Å². The summed E-state index contributed by atoms with van der Waals surface area (Å²) in [6.07, 6.45) is 7.36. The molecule has 0 spiro atoms. The Morgan fingerprint density at radius 3 is 2.73 bits per heavy atom. The summed E-state index contributed by atoms with van der Waals surface area (Å²) in [7, 11) is 0. The van der Waals surface area contributed by atoms with Gasteiger partial charge in [0.1, 0.15) is 5.60 Å². The summed E-state index contributed by atoms with van der Waals surface area (Å²) in [6.45, 7) is 3.15. The van der Waals surface area contributed by atoms with Gasteiger partial charge in [-0.15, -0.1) is 0 Å². The minimum Gasteiger partial charge on any atom is -0.457 e. The van der Waals surface area contributed by atoms with Gasteiger partial charge in [-0.2, -0.15) is 0 Å². The highest BCUT2D eigenvalue weighted by Crippen LogP contribution is 2.67. The molecule has 0 aliphatic heterocycles. The summed E-state index contributed by atoms with van der Waals surface area (Å²) in [5.74, 6) is -1.09. The molecule has 0 radical (unpaired) electrons. The first-order valence-electron chi connectivity index (χ1n) is 10.8. The number of nitrogens with two attached hydrogens (primary N) is 1. The van der Waals surface area contributed by atoms with Gasteiger partial charge in [0.05, 0.1) is 12.6 Å². The van der Waals surface area contributed by atoms with Crippen molar-refractivity contribution in [2.24, 2.45) is 34.3 Å². The van der Waals surface area contributed by atoms with Crippen LogP contribution in [0.25, 0.3) is 0 Å². The molecule has 0 saturated heterocycles. The molecule has 0 aromatic rings. The quantitative estimate of drug-likeness (QED) is 0.584. The molecule has 4 aliphatic carbocycles. The van der Waals surface area contributed by atoms with Crippen LogP contribution < -0.4 is 5.73 Å². The first kappa shape index (κ1) is 21.4. The van der Waals surface area contributed by atoms with Gasteiger partial charge < -0.3 is 20.7 Å². The number of carbonyl (C=O) groups is 3. The maximum absolute atomic E-state index is 12.9. The Kier molecular flexibility index (Phi) is 5.07. The maximum Gasteiger partial charge on any atom is 0.320 e. The summed E-state index contributed by atoms with van der Waals surface area (Å²) >= 11 is 0. The minimum atomic E-state index is -1.64. The predicted molar refractivity (Wildman–Crippen MR) is 108 cm³/mol. The van der Waals surface area contributed by atoms with Gasteiger partial charge in [0.15, 0.2) is 12.4 Å². The van der Waals surface area contributed by atoms with Crippen LogP contribution in [0.15, 0.2) is 23.8 Å². The third-order valence-corrected chi connectivity index (χ3v) is 8.64. The van der Waals surface area contributed by atoms with E-state index in [9.17, 15) is 24.6 Å². The second-order valence-electron chi connectivity index (χ2n) is 9.90. The molecule has 0 aromatic heterocycles. The molecule has 0 bridgehead atoms. The molecule has 7 atom stereocenters. The van der Waals surface area contributed by atoms with Gasteiger partial charge in [0.2, 0.25) is 5.78 Å². The average Bonchev–Trinajstić information content (AvgIpc) is 2.97. The fraction of sp³-hybridized carbons (Fsp3) is 0.696. The number of aliphatic hydroxyl groups is 2. The lowest BCUT2D eigenvalue weighted by Gasteiger charge is -2.59. The Morgan fingerprint density at radius 1 is 1.30 bits per heavy atom. The standard InChI is InChI=1S/C23H31NO6/c1-21-7-5-14(25)9-13(21)3-4-15-16-6-8-23(29,18(27)12-30-19(28)11-24)22(16,2)10-17(26)20(15)21/h5,7,9,15-17,20,26,29H,3-4,6,8,10-12,24H2,1-2H3/t15-,16+,17+,20+,21-,22+,23-/m0/s1. The van der Waals surface area contributed by atoms with Crippen LogP contribution in [0.5, 0.6) is 0 Å². The van der Waals surface area contributed by atoms with E-state index in [0.29, 0.717) is 6.42 Å². The zero-order valence-electron chi connectivity index (χ0n) is 17.6. The maximum atomic E-state index is 12.9. The van der Waals surface area contributed by atoms with Gasteiger partial charge in [0.25, 0.3) is 0 Å². The van der Waals surface area contributed by atoms with Gasteiger partial charge >= 0.3 is 5.97 Å². The SMILES string of the molecule is C[C@]12C=CC(=O)C=C1CC[C@@H]1[C@@H]2[C@H](O)C[C@]2(C)[C@@H]1CC[C@]2(O)C(=O)COC(=O)CN. The fourth-order valence-electron chi connectivity index (χ4n) is 7.11. The van der Waals surface area contributed by atoms with Crippen LogP contribution in [0.4, 0.5) is 0 Å². The predicted octanol–water partition coefficient (Wildman–Crippen LogP) is 1.07. The normalized spacial score (nSPS) is 44.6. The summed E-state index contributed by atoms with van der Waals surface area (Å²) in [5.41, 5.74) is 3.46. The molecule has 164 valence electrons. The molecule has 0 aromatic carbocycles. The number of hydrogen-bond donors (Lipinski definition) is 3. The molecule has 4 rings (SSSR count). The number of allylic oxidation sites excluding steroid dienone is 4. The number of ketones is 2. The number of fused-ring (bicyclic) bond motifs is 5. The Morgan fingerprint density at radius 2 is 2.03 bits per heavy atom. The summed E-state index contributed by atoms with van der Waals surface area (Å²) in [6, 6.07) is 0. The Hall–Kier alpha value is -1.83. The lowest BCUT2D eigenvalue weighted by atomic mass is 9.46. The van der Waals surface area contributed by atoms with E-state index in [4.69, 9.17) is 10.5 Å². The largest absolute Gasteiger partial charge is 0.457 e. The van der Waals surface area contributed by atoms with Crippen molar-refractivity contribution in [2.45, 2.75) is 57.7 Å². The van der Waals surface area contributed by atoms with Crippen molar-refractivity contribution in [1.29, 1.82) is 0 Å². The van der Waals surface area contributed by atoms with Crippen molar-refractivity contribution in [1.82, 2.24) is 0 Å². The molecular formula is C23H31NO6. The molecule has 0 heterocycles. The molecule has 4 N–H and O–H groups in total. The Bertz CT molecular complexity index is 849. The number of rotatable bonds is 4. The van der Waals surface area contributed by atoms with Gasteiger partial charge in [-0.05, 0) is 56.1 Å². The Balaban J connectivity index is 1.63. The summed E-state index contributed by atoms with van der Waals surface area (Å²) in [5, 5.41) is 22.8. The molecule has 7 nitrogen and oxygen atoms in total. The van der Waals surface area contributed by atoms with E-state index in [1.807, 2.05) is 13.0 Å². The molecule has 3 saturated carbocycles.